The minimum absolute atomic E-state index is 0.0179. The van der Waals surface area contributed by atoms with E-state index in [9.17, 15) is 19.8 Å². The third kappa shape index (κ3) is 55.9. The summed E-state index contributed by atoms with van der Waals surface area (Å²) in [5.74, 6) is -0.0218. The molecule has 0 rings (SSSR count). The van der Waals surface area contributed by atoms with Crippen molar-refractivity contribution in [2.75, 3.05) is 13.2 Å². The van der Waals surface area contributed by atoms with Crippen molar-refractivity contribution in [3.8, 4) is 0 Å². The molecule has 6 nitrogen and oxygen atoms in total. The summed E-state index contributed by atoms with van der Waals surface area (Å²) >= 11 is 0. The van der Waals surface area contributed by atoms with E-state index in [4.69, 9.17) is 4.74 Å². The molecule has 416 valence electrons. The minimum Gasteiger partial charge on any atom is -0.466 e. The number of rotatable bonds is 60. The van der Waals surface area contributed by atoms with Gasteiger partial charge in [0.25, 0.3) is 0 Å². The molecule has 0 saturated heterocycles. The molecular formula is C64H125NO5. The molecule has 0 heterocycles. The smallest absolute Gasteiger partial charge is 0.305 e. The van der Waals surface area contributed by atoms with E-state index in [0.717, 1.165) is 38.5 Å². The maximum Gasteiger partial charge on any atom is 0.305 e. The molecule has 0 fully saturated rings. The van der Waals surface area contributed by atoms with E-state index < -0.39 is 12.1 Å². The van der Waals surface area contributed by atoms with E-state index in [0.29, 0.717) is 25.9 Å². The Morgan fingerprint density at radius 2 is 0.671 bits per heavy atom. The topological polar surface area (TPSA) is 95.9 Å². The zero-order valence-corrected chi connectivity index (χ0v) is 47.5. The molecule has 0 radical (unpaired) electrons. The largest absolute Gasteiger partial charge is 0.466 e. The Bertz CT molecular complexity index is 1050. The van der Waals surface area contributed by atoms with E-state index in [1.165, 1.54) is 289 Å². The van der Waals surface area contributed by atoms with Crippen LogP contribution in [-0.2, 0) is 14.3 Å². The second-order valence-corrected chi connectivity index (χ2v) is 22.1. The van der Waals surface area contributed by atoms with E-state index in [1.54, 1.807) is 0 Å². The average molecular weight is 989 g/mol. The molecule has 0 aromatic heterocycles. The normalized spacial score (nSPS) is 12.6. The Labute approximate surface area is 438 Å². The Balaban J connectivity index is 3.34. The predicted molar refractivity (Wildman–Crippen MR) is 306 cm³/mol. The standard InChI is InChI=1S/C64H125NO5/c1-3-5-7-9-11-13-15-16-17-18-25-29-32-35-38-42-46-50-54-58-64(69)70-59-55-51-47-43-39-36-33-30-27-24-22-20-19-21-23-26-28-31-34-37-41-45-49-53-57-63(68)65-61(60-66)62(67)56-52-48-44-40-14-12-10-8-6-4-2/h21,23,61-62,66-67H,3-20,22,24-60H2,1-2H3,(H,65,68)/b23-21-. The number of nitrogens with one attached hydrogen (secondary N) is 1. The molecule has 6 heteroatoms. The van der Waals surface area contributed by atoms with E-state index >= 15 is 0 Å². The number of ether oxygens (including phenoxy) is 1. The molecule has 0 saturated carbocycles. The van der Waals surface area contributed by atoms with Crippen LogP contribution in [0.25, 0.3) is 0 Å². The second-order valence-electron chi connectivity index (χ2n) is 22.1. The lowest BCUT2D eigenvalue weighted by Crippen LogP contribution is -2.45. The summed E-state index contributed by atoms with van der Waals surface area (Å²) < 4.78 is 5.51. The lowest BCUT2D eigenvalue weighted by Gasteiger charge is -2.22. The van der Waals surface area contributed by atoms with Gasteiger partial charge < -0.3 is 20.3 Å². The fraction of sp³-hybridized carbons (Fsp3) is 0.938. The monoisotopic (exact) mass is 988 g/mol. The highest BCUT2D eigenvalue weighted by atomic mass is 16.5. The van der Waals surface area contributed by atoms with Gasteiger partial charge in [0, 0.05) is 12.8 Å². The first-order valence-electron chi connectivity index (χ1n) is 31.9. The molecule has 0 bridgehead atoms. The Morgan fingerprint density at radius 1 is 0.386 bits per heavy atom. The maximum absolute atomic E-state index is 12.4. The molecule has 0 aliphatic rings. The Morgan fingerprint density at radius 3 is 1.01 bits per heavy atom. The van der Waals surface area contributed by atoms with Crippen molar-refractivity contribution in [3.63, 3.8) is 0 Å². The van der Waals surface area contributed by atoms with Gasteiger partial charge in [-0.2, -0.15) is 0 Å². The number of esters is 1. The molecule has 0 aliphatic heterocycles. The number of hydrogen-bond acceptors (Lipinski definition) is 5. The molecule has 0 spiro atoms. The number of hydrogen-bond donors (Lipinski definition) is 3. The first-order valence-corrected chi connectivity index (χ1v) is 31.9. The fourth-order valence-electron chi connectivity index (χ4n) is 10.2. The number of aliphatic hydroxyl groups is 2. The Hall–Kier alpha value is -1.40. The van der Waals surface area contributed by atoms with Crippen molar-refractivity contribution in [2.45, 2.75) is 373 Å². The minimum atomic E-state index is -0.664. The van der Waals surface area contributed by atoms with Crippen molar-refractivity contribution in [2.24, 2.45) is 0 Å². The summed E-state index contributed by atoms with van der Waals surface area (Å²) in [5.41, 5.74) is 0. The van der Waals surface area contributed by atoms with Gasteiger partial charge in [0.1, 0.15) is 0 Å². The van der Waals surface area contributed by atoms with Gasteiger partial charge in [-0.15, -0.1) is 0 Å². The molecule has 0 aromatic carbocycles. The summed E-state index contributed by atoms with van der Waals surface area (Å²) in [4.78, 5) is 24.5. The molecular weight excluding hydrogens is 863 g/mol. The van der Waals surface area contributed by atoms with Crippen LogP contribution in [0, 0.1) is 0 Å². The van der Waals surface area contributed by atoms with Gasteiger partial charge in [0.15, 0.2) is 0 Å². The third-order valence-corrected chi connectivity index (χ3v) is 15.1. The SMILES string of the molecule is CCCCCCCCCCCCCCCCCCCCCC(=O)OCCCCCCCCCCCCCC/C=C\CCCCCCCCCCC(=O)NC(CO)C(O)CCCCCCCCCCCC. The summed E-state index contributed by atoms with van der Waals surface area (Å²) in [5, 5.41) is 23.2. The van der Waals surface area contributed by atoms with Gasteiger partial charge in [-0.05, 0) is 51.4 Å². The first kappa shape index (κ1) is 68.6. The van der Waals surface area contributed by atoms with Crippen LogP contribution in [-0.4, -0.2) is 47.4 Å². The number of carbonyl (C=O) groups is 2. The molecule has 70 heavy (non-hydrogen) atoms. The quantitative estimate of drug-likeness (QED) is 0.0321. The third-order valence-electron chi connectivity index (χ3n) is 15.1. The number of unbranched alkanes of at least 4 members (excludes halogenated alkanes) is 47. The Kier molecular flexibility index (Phi) is 59.0. The van der Waals surface area contributed by atoms with Crippen LogP contribution in [0.1, 0.15) is 361 Å². The second kappa shape index (κ2) is 60.2. The number of allylic oxidation sites excluding steroid dienone is 2. The zero-order valence-electron chi connectivity index (χ0n) is 47.5. The van der Waals surface area contributed by atoms with Gasteiger partial charge in [-0.1, -0.05) is 309 Å². The lowest BCUT2D eigenvalue weighted by atomic mass is 10.0. The van der Waals surface area contributed by atoms with Crippen molar-refractivity contribution in [1.29, 1.82) is 0 Å². The highest BCUT2D eigenvalue weighted by Crippen LogP contribution is 2.18. The summed E-state index contributed by atoms with van der Waals surface area (Å²) in [7, 11) is 0. The van der Waals surface area contributed by atoms with Gasteiger partial charge in [-0.25, -0.2) is 0 Å². The van der Waals surface area contributed by atoms with Crippen molar-refractivity contribution in [3.05, 3.63) is 12.2 Å². The summed E-state index contributed by atoms with van der Waals surface area (Å²) in [6.07, 6.45) is 72.4. The molecule has 3 N–H and O–H groups in total. The van der Waals surface area contributed by atoms with Gasteiger partial charge in [0.05, 0.1) is 25.4 Å². The highest BCUT2D eigenvalue weighted by molar-refractivity contribution is 5.76. The summed E-state index contributed by atoms with van der Waals surface area (Å²) in [6, 6.07) is -0.542. The number of aliphatic hydroxyl groups excluding tert-OH is 2. The van der Waals surface area contributed by atoms with E-state index in [-0.39, 0.29) is 18.5 Å². The maximum atomic E-state index is 12.4. The van der Waals surface area contributed by atoms with Crippen LogP contribution in [0.15, 0.2) is 12.2 Å². The van der Waals surface area contributed by atoms with Crippen LogP contribution in [0.5, 0.6) is 0 Å². The zero-order chi connectivity index (χ0) is 50.7. The van der Waals surface area contributed by atoms with Crippen LogP contribution in [0.4, 0.5) is 0 Å². The van der Waals surface area contributed by atoms with Gasteiger partial charge in [0.2, 0.25) is 5.91 Å². The fourth-order valence-corrected chi connectivity index (χ4v) is 10.2. The van der Waals surface area contributed by atoms with Gasteiger partial charge in [-0.3, -0.25) is 9.59 Å². The predicted octanol–water partition coefficient (Wildman–Crippen LogP) is 20.0. The summed E-state index contributed by atoms with van der Waals surface area (Å²) in [6.45, 7) is 4.96. The van der Waals surface area contributed by atoms with Crippen molar-refractivity contribution >= 4 is 11.9 Å². The average Bonchev–Trinajstić information content (AvgIpc) is 3.36. The molecule has 0 aliphatic carbocycles. The number of carbonyl (C=O) groups excluding carboxylic acids is 2. The van der Waals surface area contributed by atoms with Crippen LogP contribution < -0.4 is 5.32 Å². The van der Waals surface area contributed by atoms with Crippen molar-refractivity contribution < 1.29 is 24.5 Å². The van der Waals surface area contributed by atoms with Crippen LogP contribution >= 0.6 is 0 Å². The van der Waals surface area contributed by atoms with Crippen LogP contribution in [0.3, 0.4) is 0 Å². The molecule has 2 atom stereocenters. The molecule has 1 amide bonds. The molecule has 2 unspecified atom stereocenters. The molecule has 0 aromatic rings. The van der Waals surface area contributed by atoms with E-state index in [1.807, 2.05) is 0 Å². The van der Waals surface area contributed by atoms with Crippen LogP contribution in [0.2, 0.25) is 0 Å². The van der Waals surface area contributed by atoms with Gasteiger partial charge >= 0.3 is 5.97 Å². The highest BCUT2D eigenvalue weighted by Gasteiger charge is 2.20. The van der Waals surface area contributed by atoms with E-state index in [2.05, 4.69) is 31.3 Å². The first-order chi connectivity index (χ1) is 34.5. The van der Waals surface area contributed by atoms with Crippen molar-refractivity contribution in [1.82, 2.24) is 5.32 Å². The lowest BCUT2D eigenvalue weighted by molar-refractivity contribution is -0.143. The number of amides is 1.